The summed E-state index contributed by atoms with van der Waals surface area (Å²) in [5.74, 6) is -0.152. The molecule has 0 spiro atoms. The maximum Gasteiger partial charge on any atom is 0.324 e. The summed E-state index contributed by atoms with van der Waals surface area (Å²) in [5.41, 5.74) is -0.592. The highest BCUT2D eigenvalue weighted by atomic mass is 16.2. The number of ketones is 1. The van der Waals surface area contributed by atoms with Gasteiger partial charge in [-0.05, 0) is 41.5 Å². The van der Waals surface area contributed by atoms with Crippen molar-refractivity contribution in [3.8, 4) is 0 Å². The van der Waals surface area contributed by atoms with E-state index in [0.29, 0.717) is 0 Å². The quantitative estimate of drug-likeness (QED) is 0.607. The number of urea groups is 1. The molecule has 2 rings (SSSR count). The second kappa shape index (κ2) is 6.46. The van der Waals surface area contributed by atoms with Gasteiger partial charge in [0.1, 0.15) is 0 Å². The zero-order valence-corrected chi connectivity index (χ0v) is 14.1. The molecule has 0 atom stereocenters. The van der Waals surface area contributed by atoms with E-state index in [1.807, 2.05) is 27.7 Å². The highest BCUT2D eigenvalue weighted by Gasteiger charge is 2.46. The number of nitrogens with zero attached hydrogens (tertiary/aromatic N) is 2. The molecule has 2 aliphatic heterocycles. The summed E-state index contributed by atoms with van der Waals surface area (Å²) < 4.78 is 0. The highest BCUT2D eigenvalue weighted by Crippen LogP contribution is 2.27. The fraction of sp³-hybridized carbons (Fsp3) is 0.733. The van der Waals surface area contributed by atoms with Crippen LogP contribution in [0.5, 0.6) is 0 Å². The van der Waals surface area contributed by atoms with E-state index >= 15 is 0 Å². The van der Waals surface area contributed by atoms with Crippen molar-refractivity contribution in [3.63, 3.8) is 0 Å². The molecule has 22 heavy (non-hydrogen) atoms. The molecule has 0 unspecified atom stereocenters. The number of imide groups is 1. The van der Waals surface area contributed by atoms with E-state index in [1.54, 1.807) is 18.7 Å². The number of hydrogen-bond donors (Lipinski definition) is 1. The van der Waals surface area contributed by atoms with E-state index in [0.717, 1.165) is 0 Å². The summed E-state index contributed by atoms with van der Waals surface area (Å²) >= 11 is 0. The number of likely N-dealkylation sites (tertiary alicyclic amines) is 1. The second-order valence-electron chi connectivity index (χ2n) is 6.53. The minimum Gasteiger partial charge on any atom is -0.329 e. The van der Waals surface area contributed by atoms with Crippen LogP contribution in [0.2, 0.25) is 0 Å². The first-order valence-electron chi connectivity index (χ1n) is 7.45. The molecule has 4 amide bonds. The number of hydrogen-bond acceptors (Lipinski definition) is 4. The fourth-order valence-corrected chi connectivity index (χ4v) is 2.78. The van der Waals surface area contributed by atoms with Gasteiger partial charge in [-0.15, -0.1) is 0 Å². The monoisotopic (exact) mass is 311 g/mol. The largest absolute Gasteiger partial charge is 0.329 e. The molecule has 124 valence electrons. The second-order valence-corrected chi connectivity index (χ2v) is 6.53. The molecule has 0 aromatic carbocycles. The first-order chi connectivity index (χ1) is 10.00. The average Bonchev–Trinajstić information content (AvgIpc) is 2.77. The number of rotatable bonds is 2. The summed E-state index contributed by atoms with van der Waals surface area (Å²) in [7, 11) is 0. The van der Waals surface area contributed by atoms with Crippen LogP contribution >= 0.6 is 0 Å². The van der Waals surface area contributed by atoms with Crippen LogP contribution in [0.15, 0.2) is 0 Å². The van der Waals surface area contributed by atoms with Crippen LogP contribution in [0.4, 0.5) is 4.79 Å². The first-order valence-corrected chi connectivity index (χ1v) is 7.45. The molecule has 7 heteroatoms. The lowest BCUT2D eigenvalue weighted by molar-refractivity contribution is -0.133. The molecular weight excluding hydrogens is 286 g/mol. The van der Waals surface area contributed by atoms with Gasteiger partial charge in [-0.2, -0.15) is 0 Å². The molecule has 7 nitrogen and oxygen atoms in total. The van der Waals surface area contributed by atoms with Crippen LogP contribution in [0, 0.1) is 0 Å². The zero-order chi connectivity index (χ0) is 17.2. The van der Waals surface area contributed by atoms with E-state index in [4.69, 9.17) is 0 Å². The number of amides is 4. The molecule has 0 aliphatic carbocycles. The summed E-state index contributed by atoms with van der Waals surface area (Å²) in [6, 6.07) is -0.200. The number of nitrogens with one attached hydrogen (secondary N) is 1. The van der Waals surface area contributed by atoms with Gasteiger partial charge in [0.25, 0.3) is 0 Å². The Morgan fingerprint density at radius 1 is 0.955 bits per heavy atom. The van der Waals surface area contributed by atoms with E-state index in [2.05, 4.69) is 5.32 Å². The van der Waals surface area contributed by atoms with Crippen LogP contribution in [0.25, 0.3) is 0 Å². The highest BCUT2D eigenvalue weighted by molar-refractivity contribution is 6.09. The van der Waals surface area contributed by atoms with Gasteiger partial charge in [0, 0.05) is 12.1 Å². The number of Topliss-reactive ketones (excluding diaryl/α,β-unsaturated/α-hetero) is 1. The van der Waals surface area contributed by atoms with Gasteiger partial charge in [0.2, 0.25) is 11.8 Å². The lowest BCUT2D eigenvalue weighted by Crippen LogP contribution is -2.48. The molecule has 2 aliphatic rings. The van der Waals surface area contributed by atoms with Crippen molar-refractivity contribution in [3.05, 3.63) is 0 Å². The maximum absolute atomic E-state index is 11.4. The van der Waals surface area contributed by atoms with Crippen LogP contribution in [-0.2, 0) is 14.4 Å². The smallest absolute Gasteiger partial charge is 0.324 e. The molecular formula is C15H25N3O4. The van der Waals surface area contributed by atoms with Crippen molar-refractivity contribution in [1.29, 1.82) is 0 Å². The number of carbonyl (C=O) groups is 4. The topological polar surface area (TPSA) is 86.8 Å². The molecule has 0 bridgehead atoms. The SMILES string of the molecule is CC(C)N1C(=O)CC(=O)C1(C)C.CC(C)N1C(=O)CNC1=O. The summed E-state index contributed by atoms with van der Waals surface area (Å²) in [6.07, 6.45) is 0.0746. The maximum atomic E-state index is 11.4. The third-order valence-electron chi connectivity index (χ3n) is 3.78. The van der Waals surface area contributed by atoms with Crippen LogP contribution in [0.3, 0.4) is 0 Å². The van der Waals surface area contributed by atoms with Crippen LogP contribution in [0.1, 0.15) is 48.0 Å². The molecule has 2 fully saturated rings. The van der Waals surface area contributed by atoms with E-state index in [1.165, 1.54) is 4.90 Å². The molecule has 0 radical (unpaired) electrons. The third kappa shape index (κ3) is 3.45. The Balaban J connectivity index is 0.000000224. The van der Waals surface area contributed by atoms with Crippen molar-refractivity contribution < 1.29 is 19.2 Å². The zero-order valence-electron chi connectivity index (χ0n) is 14.1. The Labute approximate surface area is 131 Å². The lowest BCUT2D eigenvalue weighted by Gasteiger charge is -2.33. The predicted octanol–water partition coefficient (Wildman–Crippen LogP) is 0.921. The van der Waals surface area contributed by atoms with Gasteiger partial charge >= 0.3 is 6.03 Å². The van der Waals surface area contributed by atoms with Gasteiger partial charge in [0.05, 0.1) is 18.5 Å². The third-order valence-corrected chi connectivity index (χ3v) is 3.78. The Hall–Kier alpha value is -1.92. The average molecular weight is 311 g/mol. The number of carbonyl (C=O) groups excluding carboxylic acids is 4. The molecule has 2 saturated heterocycles. The summed E-state index contributed by atoms with van der Waals surface area (Å²) in [5, 5.41) is 2.44. The van der Waals surface area contributed by atoms with Gasteiger partial charge in [-0.1, -0.05) is 0 Å². The first kappa shape index (κ1) is 18.1. The molecule has 2 heterocycles. The van der Waals surface area contributed by atoms with Crippen LogP contribution < -0.4 is 5.32 Å². The normalized spacial score (nSPS) is 20.7. The van der Waals surface area contributed by atoms with Crippen molar-refractivity contribution in [2.45, 2.75) is 65.6 Å². The van der Waals surface area contributed by atoms with E-state index in [-0.39, 0.29) is 48.7 Å². The van der Waals surface area contributed by atoms with Gasteiger partial charge in [-0.25, -0.2) is 4.79 Å². The van der Waals surface area contributed by atoms with E-state index < -0.39 is 5.54 Å². The van der Waals surface area contributed by atoms with Crippen molar-refractivity contribution in [1.82, 2.24) is 15.1 Å². The van der Waals surface area contributed by atoms with Gasteiger partial charge in [-0.3, -0.25) is 19.3 Å². The Morgan fingerprint density at radius 3 is 1.68 bits per heavy atom. The Morgan fingerprint density at radius 2 is 1.50 bits per heavy atom. The molecule has 1 N–H and O–H groups in total. The van der Waals surface area contributed by atoms with Crippen molar-refractivity contribution >= 4 is 23.6 Å². The summed E-state index contributed by atoms with van der Waals surface area (Å²) in [6.45, 7) is 11.2. The predicted molar refractivity (Wildman–Crippen MR) is 81.1 cm³/mol. The standard InChI is InChI=1S/C9H15NO2.C6H10N2O2/c1-6(2)10-8(12)5-7(11)9(10,3)4;1-4(2)8-5(9)3-7-6(8)10/h6H,5H2,1-4H3;4H,3H2,1-2H3,(H,7,10). The molecule has 0 aromatic heterocycles. The van der Waals surface area contributed by atoms with E-state index in [9.17, 15) is 19.2 Å². The summed E-state index contributed by atoms with van der Waals surface area (Å²) in [4.78, 5) is 47.3. The Bertz CT molecular complexity index is 481. The van der Waals surface area contributed by atoms with Gasteiger partial charge in [0.15, 0.2) is 5.78 Å². The lowest BCUT2D eigenvalue weighted by atomic mass is 10.00. The minimum absolute atomic E-state index is 0.0289. The molecule has 0 saturated carbocycles. The fourth-order valence-electron chi connectivity index (χ4n) is 2.78. The van der Waals surface area contributed by atoms with Crippen molar-refractivity contribution in [2.75, 3.05) is 6.54 Å². The van der Waals surface area contributed by atoms with Crippen molar-refractivity contribution in [2.24, 2.45) is 0 Å². The Kier molecular flexibility index (Phi) is 5.32. The molecule has 0 aromatic rings. The van der Waals surface area contributed by atoms with Crippen LogP contribution in [-0.4, -0.2) is 57.6 Å². The minimum atomic E-state index is -0.592. The van der Waals surface area contributed by atoms with Gasteiger partial charge < -0.3 is 10.2 Å².